The topological polar surface area (TPSA) is 105 Å². The molecular formula is C37H38ClN3O5. The summed E-state index contributed by atoms with van der Waals surface area (Å²) in [5.74, 6) is 0.858. The minimum Gasteiger partial charge on any atom is -0.493 e. The number of aromatic nitrogens is 1. The summed E-state index contributed by atoms with van der Waals surface area (Å²) in [6.07, 6.45) is 0.809. The van der Waals surface area contributed by atoms with E-state index in [0.717, 1.165) is 28.1 Å². The van der Waals surface area contributed by atoms with Crippen molar-refractivity contribution in [2.24, 2.45) is 0 Å². The van der Waals surface area contributed by atoms with Gasteiger partial charge in [0, 0.05) is 41.8 Å². The summed E-state index contributed by atoms with van der Waals surface area (Å²) in [6.45, 7) is 3.03. The highest BCUT2D eigenvalue weighted by molar-refractivity contribution is 6.12. The van der Waals surface area contributed by atoms with Crippen LogP contribution in [0, 0.1) is 6.92 Å². The number of nitrogens with one attached hydrogen (secondary N) is 1. The van der Waals surface area contributed by atoms with E-state index in [1.807, 2.05) is 98.7 Å². The number of carboxylic acids is 1. The molecule has 5 rings (SSSR count). The third-order valence-electron chi connectivity index (χ3n) is 7.37. The number of aliphatic carboxylic acids is 1. The molecule has 5 aromatic rings. The first-order valence-electron chi connectivity index (χ1n) is 14.9. The van der Waals surface area contributed by atoms with Gasteiger partial charge in [0.2, 0.25) is 5.89 Å². The van der Waals surface area contributed by atoms with Crippen molar-refractivity contribution in [1.29, 1.82) is 0 Å². The third-order valence-corrected chi connectivity index (χ3v) is 7.37. The summed E-state index contributed by atoms with van der Waals surface area (Å²) >= 11 is 0. The Morgan fingerprint density at radius 3 is 2.35 bits per heavy atom. The summed E-state index contributed by atoms with van der Waals surface area (Å²) in [7, 11) is 3.95. The van der Waals surface area contributed by atoms with Crippen molar-refractivity contribution in [2.45, 2.75) is 32.4 Å². The quantitative estimate of drug-likeness (QED) is 0.124. The van der Waals surface area contributed by atoms with E-state index in [1.54, 1.807) is 30.3 Å². The van der Waals surface area contributed by atoms with Gasteiger partial charge in [-0.2, -0.15) is 0 Å². The predicted octanol–water partition coefficient (Wildman–Crippen LogP) is 7.09. The Morgan fingerprint density at radius 1 is 0.913 bits per heavy atom. The van der Waals surface area contributed by atoms with Gasteiger partial charge in [-0.1, -0.05) is 60.7 Å². The molecule has 0 aliphatic rings. The number of anilines is 1. The standard InChI is InChI=1S/C37H37N3O5.ClH/c1-25-32(39-36(45-25)28-11-5-4-6-12-28)20-21-44-30-18-16-26(17-19-30)23-34(37(42)43)38-33-15-8-7-14-31(33)35(41)29-13-9-10-27(22-29)24-40(2)3;/h4-19,22,34,38H,20-21,23-24H2,1-3H3,(H,42,43);1H. The zero-order chi connectivity index (χ0) is 31.8. The molecule has 1 unspecified atom stereocenters. The second-order valence-electron chi connectivity index (χ2n) is 11.2. The van der Waals surface area contributed by atoms with E-state index in [2.05, 4.69) is 10.3 Å². The maximum atomic E-state index is 13.5. The first kappa shape index (κ1) is 34.0. The number of hydrogen-bond donors (Lipinski definition) is 2. The number of oxazole rings is 1. The van der Waals surface area contributed by atoms with Gasteiger partial charge in [-0.25, -0.2) is 9.78 Å². The first-order chi connectivity index (χ1) is 21.8. The molecule has 0 saturated carbocycles. The average Bonchev–Trinajstić information content (AvgIpc) is 3.41. The molecule has 1 heterocycles. The number of halogens is 1. The summed E-state index contributed by atoms with van der Waals surface area (Å²) in [4.78, 5) is 32.4. The molecule has 0 radical (unpaired) electrons. The fourth-order valence-electron chi connectivity index (χ4n) is 5.11. The van der Waals surface area contributed by atoms with Crippen LogP contribution in [-0.2, 0) is 24.2 Å². The van der Waals surface area contributed by atoms with Crippen LogP contribution in [0.25, 0.3) is 11.5 Å². The number of ketones is 1. The van der Waals surface area contributed by atoms with Gasteiger partial charge in [-0.3, -0.25) is 4.79 Å². The van der Waals surface area contributed by atoms with Gasteiger partial charge in [-0.05, 0) is 74.6 Å². The van der Waals surface area contributed by atoms with Gasteiger partial charge < -0.3 is 24.5 Å². The van der Waals surface area contributed by atoms with Crippen LogP contribution in [0.2, 0.25) is 0 Å². The Hall–Kier alpha value is -4.92. The van der Waals surface area contributed by atoms with E-state index in [1.165, 1.54) is 0 Å². The number of rotatable bonds is 14. The Kier molecular flexibility index (Phi) is 11.7. The highest BCUT2D eigenvalue weighted by Gasteiger charge is 2.22. The molecule has 0 saturated heterocycles. The highest BCUT2D eigenvalue weighted by Crippen LogP contribution is 2.24. The van der Waals surface area contributed by atoms with Crippen molar-refractivity contribution in [3.8, 4) is 17.2 Å². The SMILES string of the molecule is Cc1oc(-c2ccccc2)nc1CCOc1ccc(CC(Nc2ccccc2C(=O)c2cccc(CN(C)C)c2)C(=O)O)cc1.Cl. The molecule has 238 valence electrons. The lowest BCUT2D eigenvalue weighted by atomic mass is 9.98. The molecule has 8 nitrogen and oxygen atoms in total. The molecule has 0 aliphatic heterocycles. The Bertz CT molecular complexity index is 1750. The number of nitrogens with zero attached hydrogens (tertiary/aromatic N) is 2. The van der Waals surface area contributed by atoms with Crippen molar-refractivity contribution >= 4 is 29.8 Å². The molecular weight excluding hydrogens is 602 g/mol. The maximum Gasteiger partial charge on any atom is 0.326 e. The number of ether oxygens (including phenoxy) is 1. The normalized spacial score (nSPS) is 11.5. The van der Waals surface area contributed by atoms with E-state index in [-0.39, 0.29) is 24.6 Å². The van der Waals surface area contributed by atoms with Crippen LogP contribution in [0.15, 0.2) is 108 Å². The minimum atomic E-state index is -1.01. The van der Waals surface area contributed by atoms with E-state index >= 15 is 0 Å². The van der Waals surface area contributed by atoms with Gasteiger partial charge >= 0.3 is 5.97 Å². The number of hydrogen-bond acceptors (Lipinski definition) is 7. The fourth-order valence-corrected chi connectivity index (χ4v) is 5.11. The molecule has 46 heavy (non-hydrogen) atoms. The lowest BCUT2D eigenvalue weighted by molar-refractivity contribution is -0.137. The van der Waals surface area contributed by atoms with Gasteiger partial charge in [0.25, 0.3) is 0 Å². The predicted molar refractivity (Wildman–Crippen MR) is 182 cm³/mol. The number of aryl methyl sites for hydroxylation is 1. The summed E-state index contributed by atoms with van der Waals surface area (Å²) < 4.78 is 11.8. The molecule has 1 atom stereocenters. The van der Waals surface area contributed by atoms with Crippen LogP contribution < -0.4 is 10.1 Å². The van der Waals surface area contributed by atoms with Crippen molar-refractivity contribution < 1.29 is 23.8 Å². The highest BCUT2D eigenvalue weighted by atomic mass is 35.5. The van der Waals surface area contributed by atoms with Crippen molar-refractivity contribution in [3.05, 3.63) is 137 Å². The molecule has 0 spiro atoms. The second-order valence-corrected chi connectivity index (χ2v) is 11.2. The molecule has 0 bridgehead atoms. The van der Waals surface area contributed by atoms with Crippen LogP contribution in [-0.4, -0.2) is 53.5 Å². The van der Waals surface area contributed by atoms with Gasteiger partial charge in [0.05, 0.1) is 12.3 Å². The second kappa shape index (κ2) is 15.9. The fraction of sp³-hybridized carbons (Fsp3) is 0.216. The molecule has 0 fully saturated rings. The molecule has 0 amide bonds. The van der Waals surface area contributed by atoms with E-state index in [4.69, 9.17) is 9.15 Å². The van der Waals surface area contributed by atoms with Crippen molar-refractivity contribution in [3.63, 3.8) is 0 Å². The summed E-state index contributed by atoms with van der Waals surface area (Å²) in [6, 6.07) is 30.7. The van der Waals surface area contributed by atoms with Gasteiger partial charge in [0.1, 0.15) is 17.6 Å². The van der Waals surface area contributed by atoms with E-state index < -0.39 is 12.0 Å². The van der Waals surface area contributed by atoms with Crippen LogP contribution in [0.1, 0.15) is 38.5 Å². The van der Waals surface area contributed by atoms with E-state index in [9.17, 15) is 14.7 Å². The molecule has 2 N–H and O–H groups in total. The lowest BCUT2D eigenvalue weighted by Gasteiger charge is -2.19. The summed E-state index contributed by atoms with van der Waals surface area (Å²) in [5, 5.41) is 13.2. The zero-order valence-electron chi connectivity index (χ0n) is 26.1. The molecule has 4 aromatic carbocycles. The Labute approximate surface area is 275 Å². The summed E-state index contributed by atoms with van der Waals surface area (Å²) in [5.41, 5.74) is 5.08. The van der Waals surface area contributed by atoms with Crippen molar-refractivity contribution in [1.82, 2.24) is 9.88 Å². The monoisotopic (exact) mass is 639 g/mol. The van der Waals surface area contributed by atoms with Crippen LogP contribution in [0.4, 0.5) is 5.69 Å². The van der Waals surface area contributed by atoms with Crippen LogP contribution in [0.3, 0.4) is 0 Å². The van der Waals surface area contributed by atoms with Crippen molar-refractivity contribution in [2.75, 3.05) is 26.0 Å². The molecule has 1 aromatic heterocycles. The number of carbonyl (C=O) groups is 2. The maximum absolute atomic E-state index is 13.5. The van der Waals surface area contributed by atoms with Gasteiger partial charge in [-0.15, -0.1) is 12.4 Å². The van der Waals surface area contributed by atoms with Gasteiger partial charge in [0.15, 0.2) is 5.78 Å². The average molecular weight is 640 g/mol. The largest absolute Gasteiger partial charge is 0.493 e. The number of carboxylic acid groups (broad SMARTS) is 1. The van der Waals surface area contributed by atoms with Crippen LogP contribution in [0.5, 0.6) is 5.75 Å². The third kappa shape index (κ3) is 8.84. The number of carbonyl (C=O) groups excluding carboxylic acids is 1. The molecule has 0 aliphatic carbocycles. The smallest absolute Gasteiger partial charge is 0.326 e. The number of benzene rings is 4. The Morgan fingerprint density at radius 2 is 1.63 bits per heavy atom. The zero-order valence-corrected chi connectivity index (χ0v) is 26.9. The Balaban J connectivity index is 0.00000480. The lowest BCUT2D eigenvalue weighted by Crippen LogP contribution is -2.32. The van der Waals surface area contributed by atoms with E-state index in [0.29, 0.717) is 48.0 Å². The first-order valence-corrected chi connectivity index (χ1v) is 14.9. The molecule has 9 heteroatoms. The number of para-hydroxylation sites is 1. The minimum absolute atomic E-state index is 0. The van der Waals surface area contributed by atoms with Crippen LogP contribution >= 0.6 is 12.4 Å².